The molecule has 3 aromatic heterocycles. The number of pyridine rings is 1. The molecule has 164 valence electrons. The molecule has 0 amide bonds. The van der Waals surface area contributed by atoms with E-state index in [0.29, 0.717) is 40.4 Å². The van der Waals surface area contributed by atoms with Crippen molar-refractivity contribution in [2.75, 3.05) is 23.3 Å². The highest BCUT2D eigenvalue weighted by Gasteiger charge is 2.24. The first kappa shape index (κ1) is 20.2. The Hall–Kier alpha value is -3.71. The molecule has 1 aliphatic heterocycles. The van der Waals surface area contributed by atoms with Crippen LogP contribution in [0.2, 0.25) is 0 Å². The molecule has 2 N–H and O–H groups in total. The predicted molar refractivity (Wildman–Crippen MR) is 121 cm³/mol. The van der Waals surface area contributed by atoms with E-state index in [0.717, 1.165) is 24.3 Å². The van der Waals surface area contributed by atoms with Gasteiger partial charge in [-0.2, -0.15) is 15.5 Å². The van der Waals surface area contributed by atoms with Gasteiger partial charge in [-0.1, -0.05) is 0 Å². The van der Waals surface area contributed by atoms with E-state index in [1.165, 1.54) is 10.6 Å². The van der Waals surface area contributed by atoms with Crippen LogP contribution >= 0.6 is 0 Å². The molecule has 9 nitrogen and oxygen atoms in total. The molecule has 0 aliphatic carbocycles. The van der Waals surface area contributed by atoms with Crippen LogP contribution in [0.15, 0.2) is 24.4 Å². The van der Waals surface area contributed by atoms with Crippen molar-refractivity contribution in [2.24, 2.45) is 7.05 Å². The van der Waals surface area contributed by atoms with Crippen molar-refractivity contribution in [1.29, 1.82) is 5.26 Å². The molecule has 0 unspecified atom stereocenters. The van der Waals surface area contributed by atoms with Gasteiger partial charge in [0.2, 0.25) is 0 Å². The summed E-state index contributed by atoms with van der Waals surface area (Å²) in [4.78, 5) is 6.38. The monoisotopic (exact) mass is 433 g/mol. The van der Waals surface area contributed by atoms with Gasteiger partial charge in [-0.25, -0.2) is 13.9 Å². The fourth-order valence-electron chi connectivity index (χ4n) is 4.52. The molecule has 5 rings (SSSR count). The second-order valence-electron chi connectivity index (χ2n) is 8.47. The number of rotatable bonds is 3. The molecule has 2 atom stereocenters. The van der Waals surface area contributed by atoms with Crippen LogP contribution in [0.25, 0.3) is 16.6 Å². The summed E-state index contributed by atoms with van der Waals surface area (Å²) in [6, 6.07) is 8.35. The van der Waals surface area contributed by atoms with Gasteiger partial charge in [0.25, 0.3) is 0 Å². The maximum absolute atomic E-state index is 14.5. The summed E-state index contributed by atoms with van der Waals surface area (Å²) in [6.07, 6.45) is 1.66. The molecule has 10 heteroatoms. The van der Waals surface area contributed by atoms with Crippen molar-refractivity contribution in [2.45, 2.75) is 32.9 Å². The molecule has 0 spiro atoms. The number of nitrogens with one attached hydrogen (secondary N) is 2. The zero-order valence-electron chi connectivity index (χ0n) is 18.4. The number of benzene rings is 1. The number of hydrogen-bond acceptors (Lipinski definition) is 7. The number of halogens is 1. The van der Waals surface area contributed by atoms with Gasteiger partial charge in [0, 0.05) is 44.0 Å². The molecule has 1 fully saturated rings. The van der Waals surface area contributed by atoms with Crippen molar-refractivity contribution in [3.8, 4) is 6.07 Å². The first-order chi connectivity index (χ1) is 15.3. The Morgan fingerprint density at radius 1 is 1.19 bits per heavy atom. The molecule has 0 radical (unpaired) electrons. The van der Waals surface area contributed by atoms with E-state index in [9.17, 15) is 9.65 Å². The first-order valence-electron chi connectivity index (χ1n) is 10.5. The normalized spacial score (nSPS) is 18.9. The fourth-order valence-corrected chi connectivity index (χ4v) is 4.52. The average Bonchev–Trinajstić information content (AvgIpc) is 3.26. The van der Waals surface area contributed by atoms with Crippen molar-refractivity contribution in [1.82, 2.24) is 29.7 Å². The highest BCUT2D eigenvalue weighted by Crippen LogP contribution is 2.33. The van der Waals surface area contributed by atoms with E-state index in [-0.39, 0.29) is 5.65 Å². The second kappa shape index (κ2) is 7.46. The molecular formula is C22H24FN9. The number of aromatic nitrogens is 5. The summed E-state index contributed by atoms with van der Waals surface area (Å²) < 4.78 is 17.6. The van der Waals surface area contributed by atoms with Crippen LogP contribution in [-0.2, 0) is 7.05 Å². The van der Waals surface area contributed by atoms with E-state index in [1.807, 2.05) is 13.1 Å². The Kier molecular flexibility index (Phi) is 4.71. The van der Waals surface area contributed by atoms with Crippen molar-refractivity contribution < 1.29 is 4.39 Å². The Labute approximate surface area is 184 Å². The van der Waals surface area contributed by atoms with Crippen LogP contribution in [0.5, 0.6) is 0 Å². The Morgan fingerprint density at radius 2 is 1.94 bits per heavy atom. The first-order valence-corrected chi connectivity index (χ1v) is 10.5. The molecule has 4 aromatic rings. The Balaban J connectivity index is 1.57. The standard InChI is InChI=1S/C22H24FN9/c1-12-9-31(10-13(2)25-12)17-5-15(8-24)20-19(7-17)30(4)29-21(20)27-16-6-18(23)22-26-14(3)28-32(22)11-16/h5-7,11-13,25H,9-10H2,1-4H3,(H,27,29)/t12-,13+. The summed E-state index contributed by atoms with van der Waals surface area (Å²) >= 11 is 0. The zero-order valence-corrected chi connectivity index (χ0v) is 18.4. The highest BCUT2D eigenvalue weighted by molar-refractivity contribution is 5.98. The third-order valence-corrected chi connectivity index (χ3v) is 5.74. The summed E-state index contributed by atoms with van der Waals surface area (Å²) in [5.41, 5.74) is 2.98. The quantitative estimate of drug-likeness (QED) is 0.513. The van der Waals surface area contributed by atoms with Gasteiger partial charge < -0.3 is 15.5 Å². The molecule has 1 saturated heterocycles. The van der Waals surface area contributed by atoms with Gasteiger partial charge in [0.05, 0.1) is 28.4 Å². The molecule has 4 heterocycles. The molecular weight excluding hydrogens is 409 g/mol. The number of fused-ring (bicyclic) bond motifs is 2. The minimum atomic E-state index is -0.486. The minimum absolute atomic E-state index is 0.167. The average molecular weight is 433 g/mol. The van der Waals surface area contributed by atoms with Gasteiger partial charge in [-0.15, -0.1) is 0 Å². The van der Waals surface area contributed by atoms with Crippen LogP contribution < -0.4 is 15.5 Å². The van der Waals surface area contributed by atoms with E-state index < -0.39 is 5.82 Å². The lowest BCUT2D eigenvalue weighted by atomic mass is 10.1. The third-order valence-electron chi connectivity index (χ3n) is 5.74. The van der Waals surface area contributed by atoms with Crippen LogP contribution in [0.1, 0.15) is 25.2 Å². The van der Waals surface area contributed by atoms with E-state index in [4.69, 9.17) is 0 Å². The number of aryl methyl sites for hydroxylation is 2. The van der Waals surface area contributed by atoms with E-state index >= 15 is 0 Å². The third kappa shape index (κ3) is 3.40. The molecule has 0 bridgehead atoms. The highest BCUT2D eigenvalue weighted by atomic mass is 19.1. The minimum Gasteiger partial charge on any atom is -0.368 e. The summed E-state index contributed by atoms with van der Waals surface area (Å²) in [5.74, 6) is 0.490. The van der Waals surface area contributed by atoms with E-state index in [1.54, 1.807) is 17.8 Å². The second-order valence-corrected chi connectivity index (χ2v) is 8.47. The van der Waals surface area contributed by atoms with Crippen LogP contribution in [0.3, 0.4) is 0 Å². The lowest BCUT2D eigenvalue weighted by Gasteiger charge is -2.37. The largest absolute Gasteiger partial charge is 0.368 e. The zero-order chi connectivity index (χ0) is 22.6. The lowest BCUT2D eigenvalue weighted by Crippen LogP contribution is -2.54. The fraction of sp³-hybridized carbons (Fsp3) is 0.364. The predicted octanol–water partition coefficient (Wildman–Crippen LogP) is 2.87. The number of hydrogen-bond donors (Lipinski definition) is 2. The summed E-state index contributed by atoms with van der Waals surface area (Å²) in [7, 11) is 1.84. The molecule has 32 heavy (non-hydrogen) atoms. The smallest absolute Gasteiger partial charge is 0.191 e. The number of nitrogens with zero attached hydrogens (tertiary/aromatic N) is 7. The van der Waals surface area contributed by atoms with Crippen LogP contribution in [-0.4, -0.2) is 49.6 Å². The summed E-state index contributed by atoms with van der Waals surface area (Å²) in [5, 5.41) is 26.1. The van der Waals surface area contributed by atoms with Gasteiger partial charge in [-0.3, -0.25) is 4.68 Å². The SMILES string of the molecule is Cc1nc2c(F)cc(Nc3nn(C)c4cc(N5C[C@@H](C)N[C@@H](C)C5)cc(C#N)c34)cn2n1. The van der Waals surface area contributed by atoms with Gasteiger partial charge in [-0.05, 0) is 32.9 Å². The number of piperazine rings is 1. The topological polar surface area (TPSA) is 99.1 Å². The molecule has 1 aromatic carbocycles. The Bertz CT molecular complexity index is 1370. The maximum atomic E-state index is 14.5. The van der Waals surface area contributed by atoms with Gasteiger partial charge in [0.1, 0.15) is 11.9 Å². The molecule has 0 saturated carbocycles. The maximum Gasteiger partial charge on any atom is 0.191 e. The van der Waals surface area contributed by atoms with Gasteiger partial charge in [0.15, 0.2) is 17.3 Å². The number of nitriles is 1. The molecule has 1 aliphatic rings. The van der Waals surface area contributed by atoms with Crippen LogP contribution in [0, 0.1) is 24.1 Å². The van der Waals surface area contributed by atoms with Crippen molar-refractivity contribution in [3.63, 3.8) is 0 Å². The van der Waals surface area contributed by atoms with Crippen molar-refractivity contribution in [3.05, 3.63) is 41.6 Å². The van der Waals surface area contributed by atoms with Crippen LogP contribution in [0.4, 0.5) is 21.6 Å². The van der Waals surface area contributed by atoms with Crippen molar-refractivity contribution >= 4 is 33.7 Å². The van der Waals surface area contributed by atoms with Gasteiger partial charge >= 0.3 is 0 Å². The summed E-state index contributed by atoms with van der Waals surface area (Å²) in [6.45, 7) is 7.75. The Morgan fingerprint density at radius 3 is 2.66 bits per heavy atom. The lowest BCUT2D eigenvalue weighted by molar-refractivity contribution is 0.407. The number of anilines is 3. The van der Waals surface area contributed by atoms with E-state index in [2.05, 4.69) is 56.7 Å².